The fourth-order valence-electron chi connectivity index (χ4n) is 3.35. The average molecular weight is 294 g/mol. The summed E-state index contributed by atoms with van der Waals surface area (Å²) in [7, 11) is 0. The minimum Gasteiger partial charge on any atom is -0.339 e. The molecule has 1 aliphatic carbocycles. The van der Waals surface area contributed by atoms with Gasteiger partial charge >= 0.3 is 0 Å². The van der Waals surface area contributed by atoms with E-state index in [-0.39, 0.29) is 17.2 Å². The molecule has 120 valence electrons. The van der Waals surface area contributed by atoms with Gasteiger partial charge in [-0.25, -0.2) is 0 Å². The van der Waals surface area contributed by atoms with E-state index >= 15 is 0 Å². The van der Waals surface area contributed by atoms with Crippen LogP contribution in [0.3, 0.4) is 0 Å². The molecule has 0 unspecified atom stereocenters. The van der Waals surface area contributed by atoms with Crippen molar-refractivity contribution in [3.05, 3.63) is 0 Å². The van der Waals surface area contributed by atoms with E-state index in [4.69, 9.17) is 0 Å². The molecule has 1 saturated carbocycles. The van der Waals surface area contributed by atoms with Crippen molar-refractivity contribution in [3.63, 3.8) is 0 Å². The van der Waals surface area contributed by atoms with Crippen LogP contribution in [0.2, 0.25) is 0 Å². The van der Waals surface area contributed by atoms with Crippen molar-refractivity contribution >= 4 is 11.8 Å². The van der Waals surface area contributed by atoms with Gasteiger partial charge in [-0.05, 0) is 18.3 Å². The minimum absolute atomic E-state index is 0.0339. The number of carbonyl (C=O) groups is 2. The van der Waals surface area contributed by atoms with Crippen molar-refractivity contribution in [1.82, 2.24) is 9.80 Å². The van der Waals surface area contributed by atoms with Crippen molar-refractivity contribution in [3.8, 4) is 0 Å². The smallest absolute Gasteiger partial charge is 0.225 e. The van der Waals surface area contributed by atoms with Gasteiger partial charge < -0.3 is 9.80 Å². The average Bonchev–Trinajstić information content (AvgIpc) is 2.46. The predicted molar refractivity (Wildman–Crippen MR) is 83.8 cm³/mol. The van der Waals surface area contributed by atoms with Crippen LogP contribution in [0.15, 0.2) is 0 Å². The second-order valence-electron chi connectivity index (χ2n) is 7.78. The standard InChI is InChI=1S/C17H30N2O2/c1-17(2,3)13-15(20)18-9-11-19(12-10-18)16(21)14-7-5-4-6-8-14/h14H,4-13H2,1-3H3. The normalized spacial score (nSPS) is 21.5. The molecule has 2 amide bonds. The molecule has 2 fully saturated rings. The zero-order valence-corrected chi connectivity index (χ0v) is 13.9. The van der Waals surface area contributed by atoms with Crippen LogP contribution in [-0.2, 0) is 9.59 Å². The molecule has 1 saturated heterocycles. The summed E-state index contributed by atoms with van der Waals surface area (Å²) in [6, 6.07) is 0. The first-order chi connectivity index (χ1) is 9.87. The van der Waals surface area contributed by atoms with E-state index in [1.807, 2.05) is 9.80 Å². The number of nitrogens with zero attached hydrogens (tertiary/aromatic N) is 2. The highest BCUT2D eigenvalue weighted by Crippen LogP contribution is 2.26. The van der Waals surface area contributed by atoms with Gasteiger partial charge in [-0.3, -0.25) is 9.59 Å². The molecule has 4 nitrogen and oxygen atoms in total. The molecule has 2 aliphatic rings. The predicted octanol–water partition coefficient (Wildman–Crippen LogP) is 2.67. The highest BCUT2D eigenvalue weighted by atomic mass is 16.2. The molecule has 21 heavy (non-hydrogen) atoms. The fraction of sp³-hybridized carbons (Fsp3) is 0.882. The number of piperazine rings is 1. The lowest BCUT2D eigenvalue weighted by Gasteiger charge is -2.38. The quantitative estimate of drug-likeness (QED) is 0.785. The van der Waals surface area contributed by atoms with Crippen LogP contribution in [0.1, 0.15) is 59.3 Å². The van der Waals surface area contributed by atoms with E-state index < -0.39 is 0 Å². The molecule has 0 radical (unpaired) electrons. The number of hydrogen-bond acceptors (Lipinski definition) is 2. The van der Waals surface area contributed by atoms with Crippen LogP contribution in [0.4, 0.5) is 0 Å². The Hall–Kier alpha value is -1.06. The van der Waals surface area contributed by atoms with Crippen LogP contribution in [0.25, 0.3) is 0 Å². The molecule has 0 atom stereocenters. The van der Waals surface area contributed by atoms with Crippen molar-refractivity contribution in [2.75, 3.05) is 26.2 Å². The highest BCUT2D eigenvalue weighted by molar-refractivity contribution is 5.80. The first-order valence-corrected chi connectivity index (χ1v) is 8.43. The Bertz CT molecular complexity index is 373. The van der Waals surface area contributed by atoms with Crippen molar-refractivity contribution < 1.29 is 9.59 Å². The number of carbonyl (C=O) groups excluding carboxylic acids is 2. The molecule has 0 aromatic carbocycles. The van der Waals surface area contributed by atoms with Crippen LogP contribution < -0.4 is 0 Å². The number of hydrogen-bond donors (Lipinski definition) is 0. The zero-order chi connectivity index (χ0) is 15.5. The van der Waals surface area contributed by atoms with E-state index in [2.05, 4.69) is 20.8 Å². The maximum Gasteiger partial charge on any atom is 0.225 e. The SMILES string of the molecule is CC(C)(C)CC(=O)N1CCN(C(=O)C2CCCCC2)CC1. The Kier molecular flexibility index (Phi) is 5.28. The molecule has 0 bridgehead atoms. The van der Waals surface area contributed by atoms with Gasteiger partial charge in [0.1, 0.15) is 0 Å². The Morgan fingerprint density at radius 1 is 0.905 bits per heavy atom. The summed E-state index contributed by atoms with van der Waals surface area (Å²) >= 11 is 0. The topological polar surface area (TPSA) is 40.6 Å². The van der Waals surface area contributed by atoms with Gasteiger partial charge in [0.05, 0.1) is 0 Å². The third kappa shape index (κ3) is 4.72. The summed E-state index contributed by atoms with van der Waals surface area (Å²) in [5.41, 5.74) is 0.0339. The molecule has 0 aromatic heterocycles. The summed E-state index contributed by atoms with van der Waals surface area (Å²) in [5.74, 6) is 0.806. The van der Waals surface area contributed by atoms with Crippen molar-refractivity contribution in [2.24, 2.45) is 11.3 Å². The van der Waals surface area contributed by atoms with Gasteiger partial charge in [-0.15, -0.1) is 0 Å². The first kappa shape index (κ1) is 16.3. The molecule has 0 aromatic rings. The Labute approximate surface area is 128 Å². The Morgan fingerprint density at radius 3 is 1.95 bits per heavy atom. The second kappa shape index (κ2) is 6.80. The number of rotatable bonds is 2. The van der Waals surface area contributed by atoms with E-state index in [9.17, 15) is 9.59 Å². The minimum atomic E-state index is 0.0339. The lowest BCUT2D eigenvalue weighted by atomic mass is 9.88. The molecule has 0 spiro atoms. The Morgan fingerprint density at radius 2 is 1.43 bits per heavy atom. The largest absolute Gasteiger partial charge is 0.339 e. The summed E-state index contributed by atoms with van der Waals surface area (Å²) in [6.07, 6.45) is 6.37. The van der Waals surface area contributed by atoms with Gasteiger partial charge in [-0.2, -0.15) is 0 Å². The zero-order valence-electron chi connectivity index (χ0n) is 13.9. The third-order valence-electron chi connectivity index (χ3n) is 4.58. The van der Waals surface area contributed by atoms with Gasteiger partial charge in [0.15, 0.2) is 0 Å². The molecule has 0 N–H and O–H groups in total. The monoisotopic (exact) mass is 294 g/mol. The lowest BCUT2D eigenvalue weighted by molar-refractivity contribution is -0.143. The maximum atomic E-state index is 12.5. The van der Waals surface area contributed by atoms with Crippen LogP contribution >= 0.6 is 0 Å². The lowest BCUT2D eigenvalue weighted by Crippen LogP contribution is -2.52. The summed E-state index contributed by atoms with van der Waals surface area (Å²) < 4.78 is 0. The van der Waals surface area contributed by atoms with Crippen LogP contribution in [-0.4, -0.2) is 47.8 Å². The van der Waals surface area contributed by atoms with E-state index in [1.54, 1.807) is 0 Å². The van der Waals surface area contributed by atoms with Crippen molar-refractivity contribution in [1.29, 1.82) is 0 Å². The summed E-state index contributed by atoms with van der Waals surface area (Å²) in [4.78, 5) is 28.6. The maximum absolute atomic E-state index is 12.5. The Balaban J connectivity index is 1.80. The molecule has 4 heteroatoms. The van der Waals surface area contributed by atoms with E-state index in [0.717, 1.165) is 12.8 Å². The molecular formula is C17H30N2O2. The molecule has 1 heterocycles. The highest BCUT2D eigenvalue weighted by Gasteiger charge is 2.30. The summed E-state index contributed by atoms with van der Waals surface area (Å²) in [6.45, 7) is 9.10. The van der Waals surface area contributed by atoms with E-state index in [1.165, 1.54) is 19.3 Å². The first-order valence-electron chi connectivity index (χ1n) is 8.43. The van der Waals surface area contributed by atoms with Gasteiger partial charge in [0.2, 0.25) is 11.8 Å². The van der Waals surface area contributed by atoms with Gasteiger partial charge in [0.25, 0.3) is 0 Å². The fourth-order valence-corrected chi connectivity index (χ4v) is 3.35. The van der Waals surface area contributed by atoms with Gasteiger partial charge in [0, 0.05) is 38.5 Å². The number of amides is 2. The van der Waals surface area contributed by atoms with Gasteiger partial charge in [-0.1, -0.05) is 40.0 Å². The molecule has 2 rings (SSSR count). The molecular weight excluding hydrogens is 264 g/mol. The second-order valence-corrected chi connectivity index (χ2v) is 7.78. The third-order valence-corrected chi connectivity index (χ3v) is 4.58. The molecule has 1 aliphatic heterocycles. The van der Waals surface area contributed by atoms with Crippen molar-refractivity contribution in [2.45, 2.75) is 59.3 Å². The summed E-state index contributed by atoms with van der Waals surface area (Å²) in [5, 5.41) is 0. The van der Waals surface area contributed by atoms with Crippen LogP contribution in [0, 0.1) is 11.3 Å². The van der Waals surface area contributed by atoms with Crippen LogP contribution in [0.5, 0.6) is 0 Å². The van der Waals surface area contributed by atoms with E-state index in [0.29, 0.717) is 38.5 Å².